The Bertz CT molecular complexity index is 67.0. The molecular formula is C8H15Cl. The highest BCUT2D eigenvalue weighted by atomic mass is 35.5. The lowest BCUT2D eigenvalue weighted by Crippen LogP contribution is -1.72. The van der Waals surface area contributed by atoms with Crippen molar-refractivity contribution in [1.29, 1.82) is 0 Å². The largest absolute Gasteiger partial charge is 0.0933 e. The molecule has 0 aliphatic carbocycles. The highest BCUT2D eigenvalue weighted by molar-refractivity contribution is 6.25. The summed E-state index contributed by atoms with van der Waals surface area (Å²) in [4.78, 5) is 0. The maximum Gasteiger partial charge on any atom is 0.000245 e. The summed E-state index contributed by atoms with van der Waals surface area (Å²) < 4.78 is 0. The van der Waals surface area contributed by atoms with E-state index in [9.17, 15) is 0 Å². The van der Waals surface area contributed by atoms with Crippen molar-refractivity contribution in [2.45, 2.75) is 39.0 Å². The molecule has 0 bridgehead atoms. The second kappa shape index (κ2) is 8.03. The van der Waals surface area contributed by atoms with E-state index in [1.165, 1.54) is 25.7 Å². The molecular weight excluding hydrogens is 132 g/mol. The normalized spacial score (nSPS) is 10.9. The van der Waals surface area contributed by atoms with E-state index in [4.69, 9.17) is 11.6 Å². The first-order valence-electron chi connectivity index (χ1n) is 3.67. The monoisotopic (exact) mass is 146 g/mol. The van der Waals surface area contributed by atoms with Crippen LogP contribution < -0.4 is 0 Å². The number of allylic oxidation sites excluding steroid dienone is 1. The fourth-order valence-corrected chi connectivity index (χ4v) is 0.878. The Morgan fingerprint density at radius 3 is 2.56 bits per heavy atom. The zero-order chi connectivity index (χ0) is 6.95. The van der Waals surface area contributed by atoms with Crippen molar-refractivity contribution in [3.05, 3.63) is 11.6 Å². The molecule has 54 valence electrons. The van der Waals surface area contributed by atoms with Gasteiger partial charge in [-0.2, -0.15) is 0 Å². The van der Waals surface area contributed by atoms with E-state index < -0.39 is 0 Å². The number of halogens is 1. The van der Waals surface area contributed by atoms with Crippen LogP contribution in [0, 0.1) is 0 Å². The summed E-state index contributed by atoms with van der Waals surface area (Å²) in [5.74, 6) is 0. The molecule has 0 aliphatic rings. The van der Waals surface area contributed by atoms with Gasteiger partial charge < -0.3 is 0 Å². The number of unbranched alkanes of at least 4 members (excludes halogenated alkanes) is 4. The van der Waals surface area contributed by atoms with Gasteiger partial charge >= 0.3 is 0 Å². The van der Waals surface area contributed by atoms with E-state index in [0.717, 1.165) is 6.42 Å². The Morgan fingerprint density at radius 1 is 1.22 bits per heavy atom. The van der Waals surface area contributed by atoms with Gasteiger partial charge in [-0.1, -0.05) is 43.9 Å². The minimum atomic E-state index is 1.14. The summed E-state index contributed by atoms with van der Waals surface area (Å²) in [6.45, 7) is 2.22. The van der Waals surface area contributed by atoms with Crippen LogP contribution in [0.15, 0.2) is 11.6 Å². The van der Waals surface area contributed by atoms with Gasteiger partial charge in [0.05, 0.1) is 0 Å². The molecule has 0 nitrogen and oxygen atoms in total. The smallest absolute Gasteiger partial charge is 0.000245 e. The first-order valence-corrected chi connectivity index (χ1v) is 4.10. The van der Waals surface area contributed by atoms with Crippen molar-refractivity contribution in [1.82, 2.24) is 0 Å². The summed E-state index contributed by atoms with van der Waals surface area (Å²) in [5.41, 5.74) is 1.60. The van der Waals surface area contributed by atoms with Gasteiger partial charge in [-0.25, -0.2) is 0 Å². The van der Waals surface area contributed by atoms with Crippen LogP contribution in [0.3, 0.4) is 0 Å². The first-order chi connectivity index (χ1) is 4.41. The predicted octanol–water partition coefficient (Wildman–Crippen LogP) is 3.71. The van der Waals surface area contributed by atoms with Crippen molar-refractivity contribution < 1.29 is 0 Å². The maximum absolute atomic E-state index is 5.33. The third-order valence-corrected chi connectivity index (χ3v) is 1.49. The first kappa shape index (κ1) is 9.03. The molecule has 9 heavy (non-hydrogen) atoms. The van der Waals surface area contributed by atoms with E-state index in [2.05, 4.69) is 6.92 Å². The number of hydrogen-bond donors (Lipinski definition) is 0. The van der Waals surface area contributed by atoms with Gasteiger partial charge in [-0.15, -0.1) is 0 Å². The van der Waals surface area contributed by atoms with E-state index >= 15 is 0 Å². The highest BCUT2D eigenvalue weighted by Gasteiger charge is 1.82. The van der Waals surface area contributed by atoms with Gasteiger partial charge in [0.25, 0.3) is 0 Å². The molecule has 0 unspecified atom stereocenters. The molecule has 0 saturated carbocycles. The van der Waals surface area contributed by atoms with Crippen LogP contribution in [-0.2, 0) is 0 Å². The van der Waals surface area contributed by atoms with E-state index in [-0.39, 0.29) is 0 Å². The van der Waals surface area contributed by atoms with Crippen LogP contribution in [-0.4, -0.2) is 0 Å². The van der Waals surface area contributed by atoms with Crippen molar-refractivity contribution in [3.8, 4) is 0 Å². The predicted molar refractivity (Wildman–Crippen MR) is 43.8 cm³/mol. The lowest BCUT2D eigenvalue weighted by Gasteiger charge is -1.92. The summed E-state index contributed by atoms with van der Waals surface area (Å²) in [6.07, 6.45) is 8.45. The molecule has 0 rings (SSSR count). The molecule has 0 heterocycles. The standard InChI is InChI=1S/C8H15Cl/c1-2-3-4-5-6-7-8-9/h7-8H,2-6H2,1H3/b8-7+. The molecule has 0 aromatic heterocycles. The van der Waals surface area contributed by atoms with Gasteiger partial charge in [0, 0.05) is 5.54 Å². The summed E-state index contributed by atoms with van der Waals surface area (Å²) in [6, 6.07) is 0. The minimum absolute atomic E-state index is 1.14. The van der Waals surface area contributed by atoms with Crippen LogP contribution in [0.1, 0.15) is 39.0 Å². The van der Waals surface area contributed by atoms with Crippen LogP contribution >= 0.6 is 11.6 Å². The number of rotatable bonds is 5. The van der Waals surface area contributed by atoms with Crippen molar-refractivity contribution in [3.63, 3.8) is 0 Å². The van der Waals surface area contributed by atoms with Gasteiger partial charge in [0.1, 0.15) is 0 Å². The van der Waals surface area contributed by atoms with Crippen molar-refractivity contribution in [2.24, 2.45) is 0 Å². The zero-order valence-corrected chi connectivity index (χ0v) is 6.82. The Hall–Kier alpha value is 0.0300. The average molecular weight is 147 g/mol. The highest BCUT2D eigenvalue weighted by Crippen LogP contribution is 2.02. The molecule has 0 atom stereocenters. The summed E-state index contributed by atoms with van der Waals surface area (Å²) in [5, 5.41) is 0. The van der Waals surface area contributed by atoms with Gasteiger partial charge in [0.2, 0.25) is 0 Å². The molecule has 1 heteroatoms. The Morgan fingerprint density at radius 2 is 2.00 bits per heavy atom. The summed E-state index contributed by atoms with van der Waals surface area (Å²) in [7, 11) is 0. The Labute approximate surface area is 62.9 Å². The van der Waals surface area contributed by atoms with Crippen LogP contribution in [0.5, 0.6) is 0 Å². The molecule has 0 saturated heterocycles. The third kappa shape index (κ3) is 8.03. The van der Waals surface area contributed by atoms with E-state index in [0.29, 0.717) is 0 Å². The van der Waals surface area contributed by atoms with Crippen molar-refractivity contribution in [2.75, 3.05) is 0 Å². The molecule has 0 spiro atoms. The quantitative estimate of drug-likeness (QED) is 0.519. The van der Waals surface area contributed by atoms with Gasteiger partial charge in [-0.3, -0.25) is 0 Å². The van der Waals surface area contributed by atoms with Crippen LogP contribution in [0.2, 0.25) is 0 Å². The second-order valence-electron chi connectivity index (χ2n) is 2.21. The Kier molecular flexibility index (Phi) is 8.06. The summed E-state index contributed by atoms with van der Waals surface area (Å²) >= 11 is 5.33. The van der Waals surface area contributed by atoms with Gasteiger partial charge in [0.15, 0.2) is 0 Å². The second-order valence-corrected chi connectivity index (χ2v) is 2.46. The van der Waals surface area contributed by atoms with E-state index in [1.807, 2.05) is 6.08 Å². The SMILES string of the molecule is CCCCCC/C=C/Cl. The fraction of sp³-hybridized carbons (Fsp3) is 0.750. The third-order valence-electron chi connectivity index (χ3n) is 1.31. The topological polar surface area (TPSA) is 0 Å². The molecule has 0 amide bonds. The maximum atomic E-state index is 5.33. The lowest BCUT2D eigenvalue weighted by atomic mass is 10.2. The lowest BCUT2D eigenvalue weighted by molar-refractivity contribution is 0.675. The van der Waals surface area contributed by atoms with E-state index in [1.54, 1.807) is 5.54 Å². The fourth-order valence-electron chi connectivity index (χ4n) is 0.752. The number of hydrogen-bond acceptors (Lipinski definition) is 0. The molecule has 0 aliphatic heterocycles. The van der Waals surface area contributed by atoms with Gasteiger partial charge in [-0.05, 0) is 12.8 Å². The zero-order valence-electron chi connectivity index (χ0n) is 6.07. The molecule has 0 fully saturated rings. The molecule has 0 N–H and O–H groups in total. The molecule has 0 aromatic rings. The van der Waals surface area contributed by atoms with Crippen molar-refractivity contribution >= 4 is 11.6 Å². The molecule has 0 aromatic carbocycles. The van der Waals surface area contributed by atoms with Crippen LogP contribution in [0.4, 0.5) is 0 Å². The minimum Gasteiger partial charge on any atom is -0.0933 e. The Balaban J connectivity index is 2.75. The van der Waals surface area contributed by atoms with Crippen LogP contribution in [0.25, 0.3) is 0 Å². The average Bonchev–Trinajstić information content (AvgIpc) is 1.89. The molecule has 0 radical (unpaired) electrons.